The number of hydrogen-bond donors (Lipinski definition) is 2. The first-order valence-corrected chi connectivity index (χ1v) is 11.4. The molecule has 0 fully saturated rings. The molecule has 0 atom stereocenters. The van der Waals surface area contributed by atoms with Crippen molar-refractivity contribution < 1.29 is 19.1 Å². The zero-order valence-electron chi connectivity index (χ0n) is 19.0. The van der Waals surface area contributed by atoms with Crippen LogP contribution in [0.1, 0.15) is 53.5 Å². The van der Waals surface area contributed by atoms with Crippen molar-refractivity contribution in [2.75, 3.05) is 13.2 Å². The van der Waals surface area contributed by atoms with Crippen molar-refractivity contribution in [1.29, 1.82) is 0 Å². The fourth-order valence-corrected chi connectivity index (χ4v) is 4.65. The maximum Gasteiger partial charge on any atom is 0.338 e. The van der Waals surface area contributed by atoms with Gasteiger partial charge in [-0.3, -0.25) is 0 Å². The van der Waals surface area contributed by atoms with Crippen LogP contribution in [0.4, 0.5) is 0 Å². The Bertz CT molecular complexity index is 1430. The number of aromatic nitrogens is 2. The van der Waals surface area contributed by atoms with Crippen LogP contribution in [0.5, 0.6) is 0 Å². The van der Waals surface area contributed by atoms with Crippen molar-refractivity contribution in [2.45, 2.75) is 33.6 Å². The van der Waals surface area contributed by atoms with Crippen LogP contribution in [0.15, 0.2) is 42.5 Å². The zero-order chi connectivity index (χ0) is 23.1. The molecule has 0 bridgehead atoms. The number of carbonyl (C=O) groups excluding carboxylic acids is 2. The number of ether oxygens (including phenoxy) is 2. The van der Waals surface area contributed by atoms with Gasteiger partial charge in [0.05, 0.1) is 35.4 Å². The average Bonchev–Trinajstić information content (AvgIpc) is 3.37. The number of carbonyl (C=O) groups is 2. The minimum absolute atomic E-state index is 0.324. The van der Waals surface area contributed by atoms with Crippen LogP contribution in [-0.2, 0) is 15.9 Å². The number of rotatable bonds is 6. The number of H-pyrrole nitrogens is 2. The molecule has 2 aromatic heterocycles. The normalized spacial score (nSPS) is 11.6. The van der Waals surface area contributed by atoms with Gasteiger partial charge in [0.15, 0.2) is 0 Å². The molecule has 0 saturated carbocycles. The van der Waals surface area contributed by atoms with Gasteiger partial charge in [0.25, 0.3) is 0 Å². The maximum atomic E-state index is 12.3. The SMILES string of the molecule is CCCc1c2[nH]c3ccc(C(=O)OCC)cc3c2cc2c1[nH]c1ccc(C(=O)OCC)cc12. The van der Waals surface area contributed by atoms with E-state index in [-0.39, 0.29) is 11.9 Å². The molecule has 5 aromatic rings. The monoisotopic (exact) mass is 442 g/mol. The Kier molecular flexibility index (Phi) is 5.29. The number of hydrogen-bond acceptors (Lipinski definition) is 4. The number of benzene rings is 3. The highest BCUT2D eigenvalue weighted by atomic mass is 16.5. The third-order valence-electron chi connectivity index (χ3n) is 6.09. The topological polar surface area (TPSA) is 84.2 Å². The summed E-state index contributed by atoms with van der Waals surface area (Å²) in [5, 5.41) is 4.06. The van der Waals surface area contributed by atoms with Crippen LogP contribution in [0.3, 0.4) is 0 Å². The smallest absolute Gasteiger partial charge is 0.338 e. The lowest BCUT2D eigenvalue weighted by Gasteiger charge is -2.05. The first-order chi connectivity index (χ1) is 16.0. The van der Waals surface area contributed by atoms with Crippen LogP contribution in [0.2, 0.25) is 0 Å². The van der Waals surface area contributed by atoms with Crippen molar-refractivity contribution in [3.05, 3.63) is 59.2 Å². The number of esters is 2. The Hall–Kier alpha value is -3.80. The minimum Gasteiger partial charge on any atom is -0.462 e. The number of nitrogens with one attached hydrogen (secondary N) is 2. The number of aromatic amines is 2. The van der Waals surface area contributed by atoms with E-state index in [1.54, 1.807) is 26.0 Å². The Labute approximate surface area is 190 Å². The molecule has 0 aliphatic rings. The molecular weight excluding hydrogens is 416 g/mol. The van der Waals surface area contributed by atoms with Gasteiger partial charge in [0.1, 0.15) is 0 Å². The van der Waals surface area contributed by atoms with Crippen LogP contribution in [-0.4, -0.2) is 35.1 Å². The Morgan fingerprint density at radius 2 is 1.18 bits per heavy atom. The molecule has 6 nitrogen and oxygen atoms in total. The summed E-state index contributed by atoms with van der Waals surface area (Å²) in [5.74, 6) is -0.649. The van der Waals surface area contributed by atoms with Gasteiger partial charge in [-0.15, -0.1) is 0 Å². The van der Waals surface area contributed by atoms with E-state index >= 15 is 0 Å². The Morgan fingerprint density at radius 1 is 0.697 bits per heavy atom. The molecule has 0 aliphatic carbocycles. The van der Waals surface area contributed by atoms with Gasteiger partial charge in [-0.25, -0.2) is 9.59 Å². The minimum atomic E-state index is -0.324. The van der Waals surface area contributed by atoms with Gasteiger partial charge in [-0.1, -0.05) is 13.3 Å². The second-order valence-electron chi connectivity index (χ2n) is 8.16. The van der Waals surface area contributed by atoms with Crippen molar-refractivity contribution in [2.24, 2.45) is 0 Å². The summed E-state index contributed by atoms with van der Waals surface area (Å²) >= 11 is 0. The predicted molar refractivity (Wildman–Crippen MR) is 131 cm³/mol. The van der Waals surface area contributed by atoms with Crippen LogP contribution in [0.25, 0.3) is 43.6 Å². The van der Waals surface area contributed by atoms with Crippen molar-refractivity contribution >= 4 is 55.6 Å². The molecule has 3 aromatic carbocycles. The highest BCUT2D eigenvalue weighted by molar-refractivity contribution is 6.20. The molecule has 6 heteroatoms. The van der Waals surface area contributed by atoms with Gasteiger partial charge in [-0.05, 0) is 62.7 Å². The molecule has 0 unspecified atom stereocenters. The third kappa shape index (κ3) is 3.42. The van der Waals surface area contributed by atoms with E-state index < -0.39 is 0 Å². The van der Waals surface area contributed by atoms with E-state index in [2.05, 4.69) is 23.0 Å². The molecule has 0 amide bonds. The van der Waals surface area contributed by atoms with E-state index in [0.717, 1.165) is 56.5 Å². The molecule has 0 saturated heterocycles. The molecule has 0 aliphatic heterocycles. The quantitative estimate of drug-likeness (QED) is 0.304. The molecule has 0 spiro atoms. The predicted octanol–water partition coefficient (Wildman–Crippen LogP) is 6.26. The van der Waals surface area contributed by atoms with Gasteiger partial charge in [0, 0.05) is 38.1 Å². The molecule has 2 heterocycles. The summed E-state index contributed by atoms with van der Waals surface area (Å²) in [5.41, 5.74) is 6.35. The fraction of sp³-hybridized carbons (Fsp3) is 0.259. The highest BCUT2D eigenvalue weighted by Crippen LogP contribution is 2.37. The summed E-state index contributed by atoms with van der Waals surface area (Å²) in [6, 6.07) is 13.4. The molecule has 0 radical (unpaired) electrons. The van der Waals surface area contributed by atoms with E-state index in [1.165, 1.54) is 5.56 Å². The van der Waals surface area contributed by atoms with Gasteiger partial charge in [0.2, 0.25) is 0 Å². The Balaban J connectivity index is 1.81. The summed E-state index contributed by atoms with van der Waals surface area (Å²) in [6.07, 6.45) is 1.88. The summed E-state index contributed by atoms with van der Waals surface area (Å²) in [7, 11) is 0. The van der Waals surface area contributed by atoms with Crippen LogP contribution < -0.4 is 0 Å². The molecule has 2 N–H and O–H groups in total. The van der Waals surface area contributed by atoms with Crippen molar-refractivity contribution in [1.82, 2.24) is 9.97 Å². The zero-order valence-corrected chi connectivity index (χ0v) is 19.0. The van der Waals surface area contributed by atoms with E-state index in [4.69, 9.17) is 9.47 Å². The first kappa shape index (κ1) is 21.1. The lowest BCUT2D eigenvalue weighted by Crippen LogP contribution is -2.04. The van der Waals surface area contributed by atoms with E-state index in [1.807, 2.05) is 24.3 Å². The van der Waals surface area contributed by atoms with Crippen LogP contribution in [0, 0.1) is 0 Å². The summed E-state index contributed by atoms with van der Waals surface area (Å²) < 4.78 is 10.4. The van der Waals surface area contributed by atoms with Gasteiger partial charge >= 0.3 is 11.9 Å². The van der Waals surface area contributed by atoms with E-state index in [0.29, 0.717) is 24.3 Å². The van der Waals surface area contributed by atoms with Crippen molar-refractivity contribution in [3.8, 4) is 0 Å². The average molecular weight is 443 g/mol. The number of fused-ring (bicyclic) bond motifs is 6. The fourth-order valence-electron chi connectivity index (χ4n) is 4.65. The van der Waals surface area contributed by atoms with Crippen LogP contribution >= 0.6 is 0 Å². The van der Waals surface area contributed by atoms with E-state index in [9.17, 15) is 9.59 Å². The summed E-state index contributed by atoms with van der Waals surface area (Å²) in [6.45, 7) is 6.44. The maximum absolute atomic E-state index is 12.3. The Morgan fingerprint density at radius 3 is 1.61 bits per heavy atom. The van der Waals surface area contributed by atoms with Gasteiger partial charge < -0.3 is 19.4 Å². The van der Waals surface area contributed by atoms with Gasteiger partial charge in [-0.2, -0.15) is 0 Å². The first-order valence-electron chi connectivity index (χ1n) is 11.4. The summed E-state index contributed by atoms with van der Waals surface area (Å²) in [4.78, 5) is 31.8. The highest BCUT2D eigenvalue weighted by Gasteiger charge is 2.18. The number of aryl methyl sites for hydroxylation is 1. The molecule has 33 heavy (non-hydrogen) atoms. The third-order valence-corrected chi connectivity index (χ3v) is 6.09. The molecule has 5 rings (SSSR count). The lowest BCUT2D eigenvalue weighted by atomic mass is 9.99. The second kappa shape index (κ2) is 8.28. The molecular formula is C27H26N2O4. The van der Waals surface area contributed by atoms with Crippen molar-refractivity contribution in [3.63, 3.8) is 0 Å². The largest absolute Gasteiger partial charge is 0.462 e. The standard InChI is InChI=1S/C27H26N2O4/c1-4-7-17-24-20(18-12-15(26(30)32-5-2)8-10-22(18)28-24)14-21-19-13-16(27(31)33-6-3)9-11-23(19)29-25(17)21/h8-14,28-29H,4-7H2,1-3H3. The lowest BCUT2D eigenvalue weighted by molar-refractivity contribution is 0.0517. The second-order valence-corrected chi connectivity index (χ2v) is 8.16. The molecule has 168 valence electrons.